The quantitative estimate of drug-likeness (QED) is 0.636. The van der Waals surface area contributed by atoms with Gasteiger partial charge in [-0.2, -0.15) is 0 Å². The van der Waals surface area contributed by atoms with Gasteiger partial charge in [0.25, 0.3) is 0 Å². The van der Waals surface area contributed by atoms with Crippen LogP contribution in [0.25, 0.3) is 10.9 Å². The minimum atomic E-state index is -1.01. The molecular weight excluding hydrogens is 492 g/mol. The average molecular weight is 527 g/mol. The number of hydrogen-bond donors (Lipinski definition) is 2. The number of carbonyl (C=O) groups is 3. The van der Waals surface area contributed by atoms with Crippen LogP contribution in [0.1, 0.15) is 71.1 Å². The third-order valence-corrected chi connectivity index (χ3v) is 8.41. The Labute approximate surface area is 221 Å². The number of rotatable bonds is 3. The Hall–Kier alpha value is -2.87. The van der Waals surface area contributed by atoms with E-state index in [4.69, 9.17) is 11.6 Å². The van der Waals surface area contributed by atoms with Gasteiger partial charge < -0.3 is 20.1 Å². The third kappa shape index (κ3) is 4.43. The van der Waals surface area contributed by atoms with Crippen LogP contribution in [0.3, 0.4) is 0 Å². The Bertz CT molecular complexity index is 1340. The molecule has 37 heavy (non-hydrogen) atoms. The van der Waals surface area contributed by atoms with E-state index >= 15 is 0 Å². The molecule has 2 N–H and O–H groups in total. The van der Waals surface area contributed by atoms with Crippen molar-refractivity contribution < 1.29 is 14.4 Å². The standard InChI is InChI=1S/C28H35ClN4O4/c1-27(2,3)31-22(34)13-16-12-20(26(37)32-10-6-5-7-11-32)28(4)24-19(15-33(28)25(16)36)23(35)18-14-17(29)8-9-21(18)30-24/h8-9,14,16,20H,5-7,10-13,15H2,1-4H3,(H,30,35)(H,31,34)/t16-,20-,28+/m1/s1. The van der Waals surface area contributed by atoms with Crippen LogP contribution in [0.4, 0.5) is 0 Å². The molecule has 0 spiro atoms. The number of aromatic amines is 1. The second-order valence-electron chi connectivity index (χ2n) is 11.9. The van der Waals surface area contributed by atoms with Crippen LogP contribution in [-0.2, 0) is 26.5 Å². The van der Waals surface area contributed by atoms with Crippen LogP contribution in [0.5, 0.6) is 0 Å². The Morgan fingerprint density at radius 2 is 1.86 bits per heavy atom. The predicted octanol–water partition coefficient (Wildman–Crippen LogP) is 3.69. The molecule has 0 unspecified atom stereocenters. The summed E-state index contributed by atoms with van der Waals surface area (Å²) in [5, 5.41) is 3.86. The number of pyridine rings is 1. The summed E-state index contributed by atoms with van der Waals surface area (Å²) < 4.78 is 0. The normalized spacial score (nSPS) is 25.7. The number of piperidine rings is 2. The number of benzene rings is 1. The second kappa shape index (κ2) is 9.15. The van der Waals surface area contributed by atoms with Gasteiger partial charge in [-0.05, 0) is 71.6 Å². The Morgan fingerprint density at radius 3 is 2.54 bits per heavy atom. The number of hydrogen-bond acceptors (Lipinski definition) is 4. The molecule has 2 fully saturated rings. The van der Waals surface area contributed by atoms with Gasteiger partial charge in [0.1, 0.15) is 0 Å². The third-order valence-electron chi connectivity index (χ3n) is 8.17. The van der Waals surface area contributed by atoms with Crippen LogP contribution >= 0.6 is 11.6 Å². The molecule has 2 aromatic rings. The largest absolute Gasteiger partial charge is 0.356 e. The molecule has 1 aromatic heterocycles. The number of aromatic nitrogens is 1. The van der Waals surface area contributed by atoms with Crippen LogP contribution in [0.15, 0.2) is 23.0 Å². The zero-order valence-corrected chi connectivity index (χ0v) is 22.7. The molecule has 5 rings (SSSR count). The van der Waals surface area contributed by atoms with E-state index in [1.54, 1.807) is 23.1 Å². The molecule has 3 aliphatic rings. The van der Waals surface area contributed by atoms with Crippen molar-refractivity contribution in [1.82, 2.24) is 20.1 Å². The summed E-state index contributed by atoms with van der Waals surface area (Å²) in [6, 6.07) is 5.11. The molecule has 0 radical (unpaired) electrons. The molecule has 3 aliphatic heterocycles. The van der Waals surface area contributed by atoms with E-state index < -0.39 is 22.9 Å². The van der Waals surface area contributed by atoms with Crippen LogP contribution in [0.2, 0.25) is 5.02 Å². The van der Waals surface area contributed by atoms with Gasteiger partial charge >= 0.3 is 0 Å². The topological polar surface area (TPSA) is 103 Å². The number of nitrogens with zero attached hydrogens (tertiary/aromatic N) is 2. The van der Waals surface area contributed by atoms with Gasteiger partial charge in [0.2, 0.25) is 17.7 Å². The monoisotopic (exact) mass is 526 g/mol. The fraction of sp³-hybridized carbons (Fsp3) is 0.571. The maximum absolute atomic E-state index is 14.0. The molecule has 1 aromatic carbocycles. The van der Waals surface area contributed by atoms with E-state index in [-0.39, 0.29) is 42.5 Å². The lowest BCUT2D eigenvalue weighted by atomic mass is 9.71. The van der Waals surface area contributed by atoms with Crippen molar-refractivity contribution in [2.75, 3.05) is 13.1 Å². The maximum Gasteiger partial charge on any atom is 0.228 e. The molecule has 4 heterocycles. The molecule has 8 nitrogen and oxygen atoms in total. The number of halogens is 1. The summed E-state index contributed by atoms with van der Waals surface area (Å²) >= 11 is 6.17. The molecule has 198 valence electrons. The van der Waals surface area contributed by atoms with E-state index in [1.165, 1.54) is 0 Å². The molecule has 0 bridgehead atoms. The highest BCUT2D eigenvalue weighted by molar-refractivity contribution is 6.31. The summed E-state index contributed by atoms with van der Waals surface area (Å²) in [6.45, 7) is 9.06. The maximum atomic E-state index is 14.0. The van der Waals surface area contributed by atoms with E-state index in [2.05, 4.69) is 10.3 Å². The molecule has 2 saturated heterocycles. The summed E-state index contributed by atoms with van der Waals surface area (Å²) in [5.41, 5.74) is 0.116. The minimum absolute atomic E-state index is 0.00827. The lowest BCUT2D eigenvalue weighted by molar-refractivity contribution is -0.162. The number of fused-ring (bicyclic) bond motifs is 4. The van der Waals surface area contributed by atoms with Crippen molar-refractivity contribution in [2.45, 2.75) is 77.4 Å². The highest BCUT2D eigenvalue weighted by atomic mass is 35.5. The van der Waals surface area contributed by atoms with Gasteiger partial charge in [0.15, 0.2) is 5.43 Å². The van der Waals surface area contributed by atoms with Crippen molar-refractivity contribution in [3.8, 4) is 0 Å². The zero-order valence-electron chi connectivity index (χ0n) is 21.9. The number of nitrogens with one attached hydrogen (secondary N) is 2. The zero-order chi connectivity index (χ0) is 26.7. The molecule has 9 heteroatoms. The first-order valence-corrected chi connectivity index (χ1v) is 13.5. The second-order valence-corrected chi connectivity index (χ2v) is 12.4. The van der Waals surface area contributed by atoms with Crippen LogP contribution < -0.4 is 10.7 Å². The van der Waals surface area contributed by atoms with E-state index in [1.807, 2.05) is 32.6 Å². The first kappa shape index (κ1) is 25.8. The van der Waals surface area contributed by atoms with Gasteiger partial charge in [0, 0.05) is 52.5 Å². The number of H-pyrrole nitrogens is 1. The lowest BCUT2D eigenvalue weighted by Crippen LogP contribution is -2.60. The van der Waals surface area contributed by atoms with E-state index in [0.29, 0.717) is 40.3 Å². The number of amides is 3. The fourth-order valence-electron chi connectivity index (χ4n) is 6.38. The minimum Gasteiger partial charge on any atom is -0.356 e. The van der Waals surface area contributed by atoms with Crippen LogP contribution in [-0.4, -0.2) is 51.1 Å². The average Bonchev–Trinajstić information content (AvgIpc) is 3.14. The van der Waals surface area contributed by atoms with Gasteiger partial charge in [-0.25, -0.2) is 0 Å². The van der Waals surface area contributed by atoms with Gasteiger partial charge in [-0.15, -0.1) is 0 Å². The summed E-state index contributed by atoms with van der Waals surface area (Å²) in [4.78, 5) is 61.3. The van der Waals surface area contributed by atoms with Crippen molar-refractivity contribution in [1.29, 1.82) is 0 Å². The summed E-state index contributed by atoms with van der Waals surface area (Å²) in [5.74, 6) is -1.63. The molecule has 3 amide bonds. The molecular formula is C28H35ClN4O4. The summed E-state index contributed by atoms with van der Waals surface area (Å²) in [6.07, 6.45) is 3.27. The Balaban J connectivity index is 1.59. The Kier molecular flexibility index (Phi) is 6.37. The molecule has 3 atom stereocenters. The smallest absolute Gasteiger partial charge is 0.228 e. The molecule has 0 saturated carbocycles. The van der Waals surface area contributed by atoms with Crippen molar-refractivity contribution in [3.05, 3.63) is 44.7 Å². The lowest BCUT2D eigenvalue weighted by Gasteiger charge is -2.49. The highest BCUT2D eigenvalue weighted by Crippen LogP contribution is 2.50. The highest BCUT2D eigenvalue weighted by Gasteiger charge is 2.59. The van der Waals surface area contributed by atoms with Crippen molar-refractivity contribution >= 4 is 40.2 Å². The summed E-state index contributed by atoms with van der Waals surface area (Å²) in [7, 11) is 0. The van der Waals surface area contributed by atoms with Crippen molar-refractivity contribution in [3.63, 3.8) is 0 Å². The van der Waals surface area contributed by atoms with Gasteiger partial charge in [-0.1, -0.05) is 11.6 Å². The first-order chi connectivity index (χ1) is 17.4. The first-order valence-electron chi connectivity index (χ1n) is 13.2. The number of carbonyl (C=O) groups excluding carboxylic acids is 3. The van der Waals surface area contributed by atoms with E-state index in [9.17, 15) is 19.2 Å². The van der Waals surface area contributed by atoms with Gasteiger partial charge in [-0.3, -0.25) is 19.2 Å². The van der Waals surface area contributed by atoms with Gasteiger partial charge in [0.05, 0.1) is 23.7 Å². The van der Waals surface area contributed by atoms with Crippen LogP contribution in [0, 0.1) is 11.8 Å². The SMILES string of the molecule is CC(C)(C)NC(=O)C[C@H]1C[C@H](C(=O)N2CCCCC2)[C@@]2(C)c3[nH]c4ccc(Cl)cc4c(=O)c3CN2C1=O. The predicted molar refractivity (Wildman–Crippen MR) is 142 cm³/mol. The van der Waals surface area contributed by atoms with Crippen molar-refractivity contribution in [2.24, 2.45) is 11.8 Å². The van der Waals surface area contributed by atoms with E-state index in [0.717, 1.165) is 19.3 Å². The molecule has 0 aliphatic carbocycles. The number of likely N-dealkylation sites (tertiary alicyclic amines) is 1. The fourth-order valence-corrected chi connectivity index (χ4v) is 6.56. The Morgan fingerprint density at radius 1 is 1.16 bits per heavy atom.